The van der Waals surface area contributed by atoms with Crippen LogP contribution in [0.15, 0.2) is 43.0 Å². The number of para-hydroxylation sites is 1. The van der Waals surface area contributed by atoms with Crippen LogP contribution in [0.5, 0.6) is 0 Å². The van der Waals surface area contributed by atoms with Crippen LogP contribution in [0.4, 0.5) is 5.69 Å². The van der Waals surface area contributed by atoms with Gasteiger partial charge in [-0.25, -0.2) is 0 Å². The van der Waals surface area contributed by atoms with E-state index >= 15 is 0 Å². The van der Waals surface area contributed by atoms with E-state index in [1.165, 1.54) is 5.69 Å². The third kappa shape index (κ3) is 4.87. The molecule has 25 heavy (non-hydrogen) atoms. The average Bonchev–Trinajstić information content (AvgIpc) is 2.55. The van der Waals surface area contributed by atoms with Crippen LogP contribution in [0.3, 0.4) is 0 Å². The Hall–Kier alpha value is -1.77. The topological polar surface area (TPSA) is 32.3 Å². The second kappa shape index (κ2) is 7.63. The first kappa shape index (κ1) is 19.6. The zero-order chi connectivity index (χ0) is 18.7. The number of allylic oxidation sites excluding steroid dienone is 1. The van der Waals surface area contributed by atoms with E-state index in [-0.39, 0.29) is 16.9 Å². The number of nitrogens with zero attached hydrogens (tertiary/aromatic N) is 1. The number of hydrogen-bond donors (Lipinski definition) is 1. The van der Waals surface area contributed by atoms with Crippen molar-refractivity contribution in [2.24, 2.45) is 17.3 Å². The highest BCUT2D eigenvalue weighted by Crippen LogP contribution is 2.45. The molecule has 1 aromatic carbocycles. The van der Waals surface area contributed by atoms with Crippen molar-refractivity contribution < 1.29 is 4.79 Å². The fraction of sp³-hybridized carbons (Fsp3) is 0.591. The van der Waals surface area contributed by atoms with Gasteiger partial charge in [-0.1, -0.05) is 31.2 Å². The summed E-state index contributed by atoms with van der Waals surface area (Å²) >= 11 is 0. The van der Waals surface area contributed by atoms with Crippen LogP contribution < -0.4 is 10.2 Å². The van der Waals surface area contributed by atoms with Crippen LogP contribution in [-0.2, 0) is 4.79 Å². The second-order valence-corrected chi connectivity index (χ2v) is 8.81. The predicted molar refractivity (Wildman–Crippen MR) is 107 cm³/mol. The van der Waals surface area contributed by atoms with Crippen molar-refractivity contribution in [1.29, 1.82) is 0 Å². The third-order valence-electron chi connectivity index (χ3n) is 5.50. The Bertz CT molecular complexity index is 590. The highest BCUT2D eigenvalue weighted by molar-refractivity contribution is 5.83. The minimum absolute atomic E-state index is 0.179. The molecule has 1 aromatic rings. The molecule has 1 aliphatic carbocycles. The zero-order valence-electron chi connectivity index (χ0n) is 16.5. The first-order chi connectivity index (χ1) is 11.7. The van der Waals surface area contributed by atoms with Crippen molar-refractivity contribution in [3.63, 3.8) is 0 Å². The summed E-state index contributed by atoms with van der Waals surface area (Å²) in [6.45, 7) is 13.2. The Balaban J connectivity index is 2.21. The number of hydrogen-bond acceptors (Lipinski definition) is 2. The van der Waals surface area contributed by atoms with Crippen LogP contribution in [0.25, 0.3) is 0 Å². The minimum Gasteiger partial charge on any atom is -0.374 e. The van der Waals surface area contributed by atoms with Crippen LogP contribution in [0, 0.1) is 17.3 Å². The molecular formula is C22H34N2O. The van der Waals surface area contributed by atoms with Crippen molar-refractivity contribution in [3.8, 4) is 0 Å². The molecule has 0 aliphatic heterocycles. The average molecular weight is 343 g/mol. The first-order valence-electron chi connectivity index (χ1n) is 9.37. The van der Waals surface area contributed by atoms with Gasteiger partial charge in [-0.05, 0) is 64.0 Å². The predicted octanol–water partition coefficient (Wildman–Crippen LogP) is 4.65. The summed E-state index contributed by atoms with van der Waals surface area (Å²) in [5.41, 5.74) is 0.622. The number of amides is 1. The number of anilines is 1. The standard InChI is InChI=1S/C22H34N2O/c1-7-17-13-14-18(16-24(6)19-11-9-8-10-12-19)22(5,15-17)20(25)23-21(2,3)4/h7-12,17-18H,1,13-16H2,2-6H3,(H,23,25)/t17-,18?,22+/m1/s1. The molecule has 2 rings (SSSR count). The lowest BCUT2D eigenvalue weighted by Gasteiger charge is -2.45. The molecule has 1 aliphatic rings. The molecule has 0 bridgehead atoms. The lowest BCUT2D eigenvalue weighted by atomic mass is 9.63. The van der Waals surface area contributed by atoms with E-state index in [2.05, 4.69) is 55.0 Å². The van der Waals surface area contributed by atoms with Crippen LogP contribution in [-0.4, -0.2) is 25.0 Å². The molecule has 0 aromatic heterocycles. The smallest absolute Gasteiger partial charge is 0.226 e. The SMILES string of the molecule is C=C[C@@H]1CCC(CN(C)c2ccccc2)[C@@](C)(C(=O)NC(C)(C)C)C1. The Labute approximate surface area is 153 Å². The van der Waals surface area contributed by atoms with Gasteiger partial charge in [0.25, 0.3) is 0 Å². The Kier molecular flexibility index (Phi) is 5.97. The monoisotopic (exact) mass is 342 g/mol. The summed E-state index contributed by atoms with van der Waals surface area (Å²) < 4.78 is 0. The van der Waals surface area contributed by atoms with E-state index in [1.54, 1.807) is 0 Å². The fourth-order valence-electron chi connectivity index (χ4n) is 3.92. The minimum atomic E-state index is -0.368. The normalized spacial score (nSPS) is 26.8. The van der Waals surface area contributed by atoms with Crippen molar-refractivity contribution in [3.05, 3.63) is 43.0 Å². The molecule has 3 atom stereocenters. The molecule has 138 valence electrons. The second-order valence-electron chi connectivity index (χ2n) is 8.81. The highest BCUT2D eigenvalue weighted by atomic mass is 16.2. The molecule has 1 fully saturated rings. The lowest BCUT2D eigenvalue weighted by molar-refractivity contribution is -0.137. The maximum atomic E-state index is 13.2. The molecule has 1 unspecified atom stereocenters. The van der Waals surface area contributed by atoms with Gasteiger partial charge in [-0.3, -0.25) is 4.79 Å². The lowest BCUT2D eigenvalue weighted by Crippen LogP contribution is -2.54. The highest BCUT2D eigenvalue weighted by Gasteiger charge is 2.46. The summed E-state index contributed by atoms with van der Waals surface area (Å²) in [6.07, 6.45) is 5.09. The number of carbonyl (C=O) groups excluding carboxylic acids is 1. The maximum Gasteiger partial charge on any atom is 0.226 e. The molecular weight excluding hydrogens is 308 g/mol. The molecule has 3 nitrogen and oxygen atoms in total. The van der Waals surface area contributed by atoms with E-state index in [1.807, 2.05) is 32.9 Å². The summed E-state index contributed by atoms with van der Waals surface area (Å²) in [6, 6.07) is 10.4. The fourth-order valence-corrected chi connectivity index (χ4v) is 3.92. The van der Waals surface area contributed by atoms with Crippen molar-refractivity contribution in [2.75, 3.05) is 18.5 Å². The Morgan fingerprint density at radius 1 is 1.32 bits per heavy atom. The van der Waals surface area contributed by atoms with Crippen molar-refractivity contribution in [2.45, 2.75) is 52.5 Å². The van der Waals surface area contributed by atoms with Gasteiger partial charge in [0.1, 0.15) is 0 Å². The summed E-state index contributed by atoms with van der Waals surface area (Å²) in [5.74, 6) is 0.934. The van der Waals surface area contributed by atoms with Gasteiger partial charge < -0.3 is 10.2 Å². The van der Waals surface area contributed by atoms with Gasteiger partial charge in [0.2, 0.25) is 5.91 Å². The van der Waals surface area contributed by atoms with Crippen molar-refractivity contribution in [1.82, 2.24) is 5.32 Å². The van der Waals surface area contributed by atoms with E-state index in [4.69, 9.17) is 0 Å². The molecule has 0 saturated heterocycles. The van der Waals surface area contributed by atoms with Gasteiger partial charge in [0, 0.05) is 24.8 Å². The Morgan fingerprint density at radius 2 is 1.96 bits per heavy atom. The van der Waals surface area contributed by atoms with E-state index in [0.717, 1.165) is 25.8 Å². The van der Waals surface area contributed by atoms with E-state index < -0.39 is 0 Å². The molecule has 1 saturated carbocycles. The third-order valence-corrected chi connectivity index (χ3v) is 5.50. The van der Waals surface area contributed by atoms with E-state index in [0.29, 0.717) is 11.8 Å². The number of carbonyl (C=O) groups is 1. The number of nitrogens with one attached hydrogen (secondary N) is 1. The van der Waals surface area contributed by atoms with Gasteiger partial charge >= 0.3 is 0 Å². The summed E-state index contributed by atoms with van der Waals surface area (Å²) in [7, 11) is 2.12. The summed E-state index contributed by atoms with van der Waals surface area (Å²) in [5, 5.41) is 3.23. The quantitative estimate of drug-likeness (QED) is 0.790. The molecule has 0 heterocycles. The first-order valence-corrected chi connectivity index (χ1v) is 9.37. The maximum absolute atomic E-state index is 13.2. The van der Waals surface area contributed by atoms with Crippen molar-refractivity contribution >= 4 is 11.6 Å². The number of benzene rings is 1. The molecule has 3 heteroatoms. The van der Waals surface area contributed by atoms with Gasteiger partial charge in [-0.2, -0.15) is 0 Å². The van der Waals surface area contributed by atoms with Crippen LogP contribution >= 0.6 is 0 Å². The van der Waals surface area contributed by atoms with E-state index in [9.17, 15) is 4.79 Å². The Morgan fingerprint density at radius 3 is 2.52 bits per heavy atom. The van der Waals surface area contributed by atoms with Crippen LogP contribution in [0.2, 0.25) is 0 Å². The summed E-state index contributed by atoms with van der Waals surface area (Å²) in [4.78, 5) is 15.4. The largest absolute Gasteiger partial charge is 0.374 e. The molecule has 0 radical (unpaired) electrons. The van der Waals surface area contributed by atoms with Crippen LogP contribution in [0.1, 0.15) is 47.0 Å². The molecule has 0 spiro atoms. The molecule has 1 N–H and O–H groups in total. The molecule has 1 amide bonds. The van der Waals surface area contributed by atoms with Gasteiger partial charge in [0.15, 0.2) is 0 Å². The van der Waals surface area contributed by atoms with Gasteiger partial charge in [-0.15, -0.1) is 6.58 Å². The number of rotatable bonds is 5. The zero-order valence-corrected chi connectivity index (χ0v) is 16.5. The van der Waals surface area contributed by atoms with Gasteiger partial charge in [0.05, 0.1) is 5.41 Å².